The molecule has 0 saturated carbocycles. The Hall–Kier alpha value is -2.34. The lowest BCUT2D eigenvalue weighted by Gasteiger charge is -2.44. The summed E-state index contributed by atoms with van der Waals surface area (Å²) in [5.74, 6) is -0.303. The maximum atomic E-state index is 12.4. The summed E-state index contributed by atoms with van der Waals surface area (Å²) in [5.41, 5.74) is 4.09. The number of rotatable bonds is 4. The van der Waals surface area contributed by atoms with Crippen molar-refractivity contribution in [3.05, 3.63) is 99.0 Å². The minimum Gasteiger partial charge on any atom is -0.468 e. The molecule has 0 fully saturated rings. The number of fused-ring (bicyclic) bond motifs is 1. The van der Waals surface area contributed by atoms with Gasteiger partial charge in [0.2, 0.25) is 0 Å². The molecule has 4 nitrogen and oxygen atoms in total. The van der Waals surface area contributed by atoms with Crippen molar-refractivity contribution in [2.45, 2.75) is 12.2 Å². The van der Waals surface area contributed by atoms with Crippen LogP contribution in [-0.4, -0.2) is 24.5 Å². The Labute approximate surface area is 183 Å². The summed E-state index contributed by atoms with van der Waals surface area (Å²) in [4.78, 5) is 14.5. The second-order valence-corrected chi connectivity index (χ2v) is 8.18. The zero-order chi connectivity index (χ0) is 20.4. The van der Waals surface area contributed by atoms with E-state index in [0.29, 0.717) is 5.02 Å². The summed E-state index contributed by atoms with van der Waals surface area (Å²) >= 11 is 10.1. The molecule has 1 aliphatic rings. The number of carbonyl (C=O) groups is 1. The van der Waals surface area contributed by atoms with Crippen molar-refractivity contribution in [2.75, 3.05) is 19.0 Å². The zero-order valence-electron chi connectivity index (χ0n) is 15.8. The molecule has 6 heteroatoms. The van der Waals surface area contributed by atoms with E-state index in [2.05, 4.69) is 50.4 Å². The molecule has 4 rings (SSSR count). The van der Waals surface area contributed by atoms with Crippen LogP contribution in [0.15, 0.2) is 77.3 Å². The van der Waals surface area contributed by atoms with E-state index >= 15 is 0 Å². The highest BCUT2D eigenvalue weighted by molar-refractivity contribution is 9.10. The largest absolute Gasteiger partial charge is 0.468 e. The minimum atomic E-state index is -0.303. The number of halogens is 2. The van der Waals surface area contributed by atoms with Crippen LogP contribution in [0.3, 0.4) is 0 Å². The fraction of sp³-hybridized carbons (Fsp3) is 0.174. The van der Waals surface area contributed by atoms with Crippen LogP contribution >= 0.6 is 27.5 Å². The lowest BCUT2D eigenvalue weighted by molar-refractivity contribution is -0.143. The summed E-state index contributed by atoms with van der Waals surface area (Å²) in [6.45, 7) is 0.116. The van der Waals surface area contributed by atoms with Crippen LogP contribution in [-0.2, 0) is 9.53 Å². The van der Waals surface area contributed by atoms with Crippen molar-refractivity contribution in [3.63, 3.8) is 0 Å². The Morgan fingerprint density at radius 1 is 1.07 bits per heavy atom. The summed E-state index contributed by atoms with van der Waals surface area (Å²) in [6.07, 6.45) is -0.290. The van der Waals surface area contributed by atoms with Crippen LogP contribution in [0.4, 0.5) is 5.69 Å². The Kier molecular flexibility index (Phi) is 5.90. The van der Waals surface area contributed by atoms with E-state index in [1.54, 1.807) is 0 Å². The van der Waals surface area contributed by atoms with E-state index in [9.17, 15) is 4.79 Å². The van der Waals surface area contributed by atoms with E-state index in [0.717, 1.165) is 26.9 Å². The molecule has 0 amide bonds. The summed E-state index contributed by atoms with van der Waals surface area (Å²) in [7, 11) is 1.41. The molecule has 2 atom stereocenters. The second-order valence-electron chi connectivity index (χ2n) is 6.86. The number of esters is 1. The van der Waals surface area contributed by atoms with Crippen LogP contribution < -0.4 is 5.32 Å². The molecule has 0 spiro atoms. The van der Waals surface area contributed by atoms with Crippen molar-refractivity contribution in [1.82, 2.24) is 4.90 Å². The number of benzene rings is 3. The van der Waals surface area contributed by atoms with Crippen molar-refractivity contribution in [2.24, 2.45) is 0 Å². The lowest BCUT2D eigenvalue weighted by Crippen LogP contribution is -2.44. The van der Waals surface area contributed by atoms with Gasteiger partial charge in [-0.05, 0) is 35.4 Å². The van der Waals surface area contributed by atoms with Gasteiger partial charge in [0.15, 0.2) is 0 Å². The molecule has 148 valence electrons. The first-order chi connectivity index (χ1) is 14.1. The number of anilines is 1. The topological polar surface area (TPSA) is 41.6 Å². The average molecular weight is 472 g/mol. The van der Waals surface area contributed by atoms with E-state index in [4.69, 9.17) is 16.3 Å². The Bertz CT molecular complexity index is 1030. The van der Waals surface area contributed by atoms with E-state index < -0.39 is 0 Å². The molecule has 3 aromatic rings. The fourth-order valence-electron chi connectivity index (χ4n) is 3.80. The lowest BCUT2D eigenvalue weighted by atomic mass is 9.91. The van der Waals surface area contributed by atoms with Crippen molar-refractivity contribution in [1.29, 1.82) is 0 Å². The molecule has 0 bridgehead atoms. The molecule has 0 aromatic heterocycles. The Balaban J connectivity index is 1.91. The molecule has 1 N–H and O–H groups in total. The van der Waals surface area contributed by atoms with Crippen LogP contribution in [0.25, 0.3) is 0 Å². The SMILES string of the molecule is COC(=O)CN1[C@H](c2ccccc2)c2cc(Br)ccc2N[C@H]1c1ccccc1Cl. The number of hydrogen-bond acceptors (Lipinski definition) is 4. The van der Waals surface area contributed by atoms with Gasteiger partial charge in [0.25, 0.3) is 0 Å². The van der Waals surface area contributed by atoms with Crippen LogP contribution in [0.2, 0.25) is 5.02 Å². The predicted molar refractivity (Wildman–Crippen MR) is 119 cm³/mol. The third-order valence-corrected chi connectivity index (χ3v) is 5.96. The second kappa shape index (κ2) is 8.57. The number of carbonyl (C=O) groups excluding carboxylic acids is 1. The van der Waals surface area contributed by atoms with Crippen molar-refractivity contribution >= 4 is 39.2 Å². The van der Waals surface area contributed by atoms with Gasteiger partial charge >= 0.3 is 5.97 Å². The standard InChI is InChI=1S/C23H20BrClN2O2/c1-29-21(28)14-27-22(15-7-3-2-4-8-15)18-13-16(24)11-12-20(18)26-23(27)17-9-5-6-10-19(17)25/h2-13,22-23,26H,14H2,1H3/t22-,23-/m1/s1. The molecule has 0 radical (unpaired) electrons. The first kappa shape index (κ1) is 20.0. The predicted octanol–water partition coefficient (Wildman–Crippen LogP) is 5.79. The Morgan fingerprint density at radius 3 is 2.52 bits per heavy atom. The summed E-state index contributed by atoms with van der Waals surface area (Å²) in [5, 5.41) is 4.22. The van der Waals surface area contributed by atoms with E-state index in [1.165, 1.54) is 7.11 Å². The van der Waals surface area contributed by atoms with Crippen molar-refractivity contribution < 1.29 is 9.53 Å². The molecular formula is C23H20BrClN2O2. The smallest absolute Gasteiger partial charge is 0.319 e. The quantitative estimate of drug-likeness (QED) is 0.489. The first-order valence-corrected chi connectivity index (χ1v) is 10.4. The maximum Gasteiger partial charge on any atom is 0.319 e. The zero-order valence-corrected chi connectivity index (χ0v) is 18.2. The first-order valence-electron chi connectivity index (χ1n) is 9.26. The highest BCUT2D eigenvalue weighted by Crippen LogP contribution is 2.45. The molecule has 3 aromatic carbocycles. The van der Waals surface area contributed by atoms with Gasteiger partial charge in [-0.3, -0.25) is 9.69 Å². The molecule has 1 aliphatic heterocycles. The molecular weight excluding hydrogens is 452 g/mol. The third kappa shape index (κ3) is 4.04. The van der Waals surface area contributed by atoms with Gasteiger partial charge in [-0.2, -0.15) is 0 Å². The van der Waals surface area contributed by atoms with Crippen LogP contribution in [0.1, 0.15) is 28.9 Å². The number of methoxy groups -OCH3 is 1. The van der Waals surface area contributed by atoms with Gasteiger partial charge in [-0.25, -0.2) is 0 Å². The van der Waals surface area contributed by atoms with Gasteiger partial charge in [0, 0.05) is 20.7 Å². The number of nitrogens with zero attached hydrogens (tertiary/aromatic N) is 1. The summed E-state index contributed by atoms with van der Waals surface area (Å²) in [6, 6.07) is 23.9. The molecule has 0 aliphatic carbocycles. The fourth-order valence-corrected chi connectivity index (χ4v) is 4.42. The number of ether oxygens (including phenoxy) is 1. The normalized spacial score (nSPS) is 18.6. The molecule has 1 heterocycles. The summed E-state index contributed by atoms with van der Waals surface area (Å²) < 4.78 is 5.99. The van der Waals surface area contributed by atoms with Gasteiger partial charge in [0.1, 0.15) is 6.17 Å². The number of nitrogens with one attached hydrogen (secondary N) is 1. The Morgan fingerprint density at radius 2 is 1.79 bits per heavy atom. The average Bonchev–Trinajstić information content (AvgIpc) is 2.74. The van der Waals surface area contributed by atoms with Gasteiger partial charge < -0.3 is 10.1 Å². The van der Waals surface area contributed by atoms with E-state index in [-0.39, 0.29) is 24.7 Å². The number of hydrogen-bond donors (Lipinski definition) is 1. The van der Waals surface area contributed by atoms with Crippen LogP contribution in [0.5, 0.6) is 0 Å². The third-order valence-electron chi connectivity index (χ3n) is 5.12. The maximum absolute atomic E-state index is 12.4. The molecule has 0 saturated heterocycles. The van der Waals surface area contributed by atoms with Gasteiger partial charge in [-0.1, -0.05) is 76.1 Å². The molecule has 0 unspecified atom stereocenters. The van der Waals surface area contributed by atoms with Gasteiger partial charge in [0.05, 0.1) is 19.7 Å². The highest BCUT2D eigenvalue weighted by Gasteiger charge is 2.38. The van der Waals surface area contributed by atoms with E-state index in [1.807, 2.05) is 48.5 Å². The minimum absolute atomic E-state index is 0.116. The van der Waals surface area contributed by atoms with Crippen LogP contribution in [0, 0.1) is 0 Å². The monoisotopic (exact) mass is 470 g/mol. The highest BCUT2D eigenvalue weighted by atomic mass is 79.9. The van der Waals surface area contributed by atoms with Crippen molar-refractivity contribution in [3.8, 4) is 0 Å². The van der Waals surface area contributed by atoms with Gasteiger partial charge in [-0.15, -0.1) is 0 Å². The molecule has 29 heavy (non-hydrogen) atoms.